The lowest BCUT2D eigenvalue weighted by atomic mass is 10.2. The van der Waals surface area contributed by atoms with E-state index in [4.69, 9.17) is 23.2 Å². The Morgan fingerprint density at radius 1 is 1.10 bits per heavy atom. The Kier molecular flexibility index (Phi) is 6.43. The van der Waals surface area contributed by atoms with Gasteiger partial charge in [0.1, 0.15) is 0 Å². The first-order valence-corrected chi connectivity index (χ1v) is 8.43. The highest BCUT2D eigenvalue weighted by atomic mass is 35.5. The van der Waals surface area contributed by atoms with Gasteiger partial charge in [0, 0.05) is 23.1 Å². The van der Waals surface area contributed by atoms with Crippen LogP contribution in [-0.2, 0) is 5.75 Å². The fourth-order valence-corrected chi connectivity index (χ4v) is 3.08. The number of hydrogen-bond donors (Lipinski definition) is 1. The maximum Gasteiger partial charge on any atom is 0.252 e. The molecule has 0 unspecified atom stereocenters. The van der Waals surface area contributed by atoms with Crippen molar-refractivity contribution >= 4 is 40.9 Å². The highest BCUT2D eigenvalue weighted by Gasteiger charge is 2.09. The molecule has 1 amide bonds. The predicted molar refractivity (Wildman–Crippen MR) is 91.4 cm³/mol. The van der Waals surface area contributed by atoms with Crippen molar-refractivity contribution in [1.29, 1.82) is 0 Å². The average molecular weight is 340 g/mol. The summed E-state index contributed by atoms with van der Waals surface area (Å²) in [5, 5.41) is 3.75. The van der Waals surface area contributed by atoms with Gasteiger partial charge in [-0.3, -0.25) is 4.79 Å². The Morgan fingerprint density at radius 2 is 1.86 bits per heavy atom. The van der Waals surface area contributed by atoms with E-state index in [9.17, 15) is 4.79 Å². The van der Waals surface area contributed by atoms with Crippen LogP contribution in [0.2, 0.25) is 10.0 Å². The fraction of sp³-hybridized carbons (Fsp3) is 0.188. The van der Waals surface area contributed by atoms with Crippen LogP contribution in [0.5, 0.6) is 0 Å². The highest BCUT2D eigenvalue weighted by molar-refractivity contribution is 7.98. The topological polar surface area (TPSA) is 29.1 Å². The second-order valence-electron chi connectivity index (χ2n) is 4.42. The maximum atomic E-state index is 12.0. The second-order valence-corrected chi connectivity index (χ2v) is 6.37. The summed E-state index contributed by atoms with van der Waals surface area (Å²) in [4.78, 5) is 12.0. The lowest BCUT2D eigenvalue weighted by molar-refractivity contribution is 0.0956. The molecule has 0 bridgehead atoms. The van der Waals surface area contributed by atoms with Gasteiger partial charge in [-0.15, -0.1) is 0 Å². The van der Waals surface area contributed by atoms with Crippen molar-refractivity contribution in [1.82, 2.24) is 5.32 Å². The summed E-state index contributed by atoms with van der Waals surface area (Å²) in [7, 11) is 0. The zero-order chi connectivity index (χ0) is 15.1. The van der Waals surface area contributed by atoms with E-state index >= 15 is 0 Å². The van der Waals surface area contributed by atoms with Crippen molar-refractivity contribution in [3.63, 3.8) is 0 Å². The van der Waals surface area contributed by atoms with E-state index in [1.807, 2.05) is 18.2 Å². The van der Waals surface area contributed by atoms with Crippen molar-refractivity contribution in [3.8, 4) is 0 Å². The fourth-order valence-electron chi connectivity index (χ4n) is 1.77. The quantitative estimate of drug-likeness (QED) is 0.775. The van der Waals surface area contributed by atoms with Crippen LogP contribution >= 0.6 is 35.0 Å². The molecule has 0 aliphatic carbocycles. The van der Waals surface area contributed by atoms with Crippen molar-refractivity contribution in [2.24, 2.45) is 0 Å². The summed E-state index contributed by atoms with van der Waals surface area (Å²) in [6.07, 6.45) is 0. The number of benzene rings is 2. The molecule has 0 fully saturated rings. The molecule has 2 rings (SSSR count). The second kappa shape index (κ2) is 8.32. The predicted octanol–water partition coefficient (Wildman–Crippen LogP) is 4.66. The molecule has 0 aliphatic rings. The minimum absolute atomic E-state index is 0.169. The van der Waals surface area contributed by atoms with Crippen molar-refractivity contribution < 1.29 is 4.79 Å². The van der Waals surface area contributed by atoms with Crippen LogP contribution in [0.3, 0.4) is 0 Å². The number of hydrogen-bond acceptors (Lipinski definition) is 2. The van der Waals surface area contributed by atoms with Crippen molar-refractivity contribution in [3.05, 3.63) is 69.7 Å². The molecule has 0 saturated carbocycles. The van der Waals surface area contributed by atoms with Crippen molar-refractivity contribution in [2.75, 3.05) is 12.3 Å². The zero-order valence-corrected chi connectivity index (χ0v) is 13.6. The monoisotopic (exact) mass is 339 g/mol. The molecule has 0 saturated heterocycles. The smallest absolute Gasteiger partial charge is 0.252 e. The molecular weight excluding hydrogens is 325 g/mol. The van der Waals surface area contributed by atoms with Crippen LogP contribution in [0.15, 0.2) is 48.5 Å². The molecule has 2 nitrogen and oxygen atoms in total. The number of amides is 1. The number of halogens is 2. The molecule has 2 aromatic rings. The standard InChI is InChI=1S/C16H15Cl2NOS/c17-13-6-7-14(15(18)10-13)16(20)19-8-9-21-11-12-4-2-1-3-5-12/h1-7,10H,8-9,11H2,(H,19,20). The number of thioether (sulfide) groups is 1. The average Bonchev–Trinajstić information content (AvgIpc) is 2.47. The Morgan fingerprint density at radius 3 is 2.57 bits per heavy atom. The van der Waals surface area contributed by atoms with Crippen LogP contribution in [0.4, 0.5) is 0 Å². The van der Waals surface area contributed by atoms with E-state index in [1.165, 1.54) is 5.56 Å². The Bertz CT molecular complexity index is 604. The maximum absolute atomic E-state index is 12.0. The van der Waals surface area contributed by atoms with Gasteiger partial charge >= 0.3 is 0 Å². The van der Waals surface area contributed by atoms with Gasteiger partial charge in [-0.25, -0.2) is 0 Å². The van der Waals surface area contributed by atoms with E-state index in [0.717, 1.165) is 11.5 Å². The van der Waals surface area contributed by atoms with Gasteiger partial charge in [0.05, 0.1) is 10.6 Å². The minimum Gasteiger partial charge on any atom is -0.351 e. The first-order chi connectivity index (χ1) is 10.2. The Hall–Kier alpha value is -1.16. The molecule has 1 N–H and O–H groups in total. The van der Waals surface area contributed by atoms with E-state index in [2.05, 4.69) is 17.4 Å². The summed E-state index contributed by atoms with van der Waals surface area (Å²) in [5.74, 6) is 1.63. The molecule has 0 heterocycles. The number of rotatable bonds is 6. The SMILES string of the molecule is O=C(NCCSCc1ccccc1)c1ccc(Cl)cc1Cl. The third kappa shape index (κ3) is 5.27. The van der Waals surface area contributed by atoms with Crippen LogP contribution in [0, 0.1) is 0 Å². The van der Waals surface area contributed by atoms with Gasteiger partial charge < -0.3 is 5.32 Å². The molecule has 0 aliphatic heterocycles. The van der Waals surface area contributed by atoms with E-state index < -0.39 is 0 Å². The molecule has 0 aromatic heterocycles. The van der Waals surface area contributed by atoms with Crippen molar-refractivity contribution in [2.45, 2.75) is 5.75 Å². The largest absolute Gasteiger partial charge is 0.351 e. The van der Waals surface area contributed by atoms with Gasteiger partial charge in [-0.1, -0.05) is 53.5 Å². The molecule has 21 heavy (non-hydrogen) atoms. The molecule has 0 radical (unpaired) electrons. The van der Waals surface area contributed by atoms with E-state index in [-0.39, 0.29) is 5.91 Å². The highest BCUT2D eigenvalue weighted by Crippen LogP contribution is 2.20. The Labute approximate surface area is 138 Å². The summed E-state index contributed by atoms with van der Waals surface area (Å²) in [5.41, 5.74) is 1.74. The number of carbonyl (C=O) groups is 1. The molecule has 2 aromatic carbocycles. The lowest BCUT2D eigenvalue weighted by Crippen LogP contribution is -2.26. The summed E-state index contributed by atoms with van der Waals surface area (Å²) >= 11 is 13.6. The van der Waals surface area contributed by atoms with Crippen LogP contribution in [-0.4, -0.2) is 18.2 Å². The van der Waals surface area contributed by atoms with Gasteiger partial charge in [0.15, 0.2) is 0 Å². The first kappa shape index (κ1) is 16.2. The van der Waals surface area contributed by atoms with E-state index in [0.29, 0.717) is 22.2 Å². The molecule has 0 atom stereocenters. The van der Waals surface area contributed by atoms with Gasteiger partial charge in [-0.2, -0.15) is 11.8 Å². The summed E-state index contributed by atoms with van der Waals surface area (Å²) in [6.45, 7) is 0.606. The first-order valence-electron chi connectivity index (χ1n) is 6.52. The van der Waals surface area contributed by atoms with Gasteiger partial charge in [-0.05, 0) is 23.8 Å². The summed E-state index contributed by atoms with van der Waals surface area (Å²) < 4.78 is 0. The third-order valence-corrected chi connectivity index (χ3v) is 4.40. The van der Waals surface area contributed by atoms with Crippen LogP contribution < -0.4 is 5.32 Å². The normalized spacial score (nSPS) is 10.4. The lowest BCUT2D eigenvalue weighted by Gasteiger charge is -2.07. The molecular formula is C16H15Cl2NOS. The Balaban J connectivity index is 1.72. The number of carbonyl (C=O) groups excluding carboxylic acids is 1. The number of nitrogens with one attached hydrogen (secondary N) is 1. The zero-order valence-electron chi connectivity index (χ0n) is 11.3. The van der Waals surface area contributed by atoms with E-state index in [1.54, 1.807) is 30.0 Å². The summed E-state index contributed by atoms with van der Waals surface area (Å²) in [6, 6.07) is 15.1. The molecule has 5 heteroatoms. The molecule has 0 spiro atoms. The van der Waals surface area contributed by atoms with Crippen LogP contribution in [0.25, 0.3) is 0 Å². The van der Waals surface area contributed by atoms with Gasteiger partial charge in [0.2, 0.25) is 0 Å². The van der Waals surface area contributed by atoms with Gasteiger partial charge in [0.25, 0.3) is 5.91 Å². The minimum atomic E-state index is -0.169. The van der Waals surface area contributed by atoms with Crippen LogP contribution in [0.1, 0.15) is 15.9 Å². The third-order valence-electron chi connectivity index (χ3n) is 2.82. The molecule has 110 valence electrons.